The van der Waals surface area contributed by atoms with Crippen molar-refractivity contribution >= 4 is 34.5 Å². The summed E-state index contributed by atoms with van der Waals surface area (Å²) in [4.78, 5) is 37.9. The van der Waals surface area contributed by atoms with Crippen molar-refractivity contribution in [2.45, 2.75) is 11.4 Å². The summed E-state index contributed by atoms with van der Waals surface area (Å²) in [5, 5.41) is 22.2. The number of rotatable bonds is 7. The molecule has 166 valence electrons. The summed E-state index contributed by atoms with van der Waals surface area (Å²) in [6.07, 6.45) is 0. The number of aliphatic carboxylic acids is 1. The Kier molecular flexibility index (Phi) is 5.67. The summed E-state index contributed by atoms with van der Waals surface area (Å²) >= 11 is -1.70. The average molecular weight is 458 g/mol. The van der Waals surface area contributed by atoms with E-state index in [4.69, 9.17) is 4.74 Å². The van der Waals surface area contributed by atoms with Gasteiger partial charge < -0.3 is 19.7 Å². The fourth-order valence-electron chi connectivity index (χ4n) is 3.51. The molecule has 2 N–H and O–H groups in total. The van der Waals surface area contributed by atoms with Crippen LogP contribution in [0.4, 0.5) is 0 Å². The Hall–Kier alpha value is -3.71. The molecule has 0 bridgehead atoms. The topological polar surface area (TPSA) is 163 Å². The van der Waals surface area contributed by atoms with Crippen LogP contribution in [0, 0.1) is 0 Å². The molecule has 2 aromatic rings. The fraction of sp³-hybridized carbons (Fsp3) is 0.263. The molecule has 1 aromatic heterocycles. The Labute approximate surface area is 184 Å². The number of carboxylic acid groups (broad SMARTS) is 1. The number of nitrogens with one attached hydrogen (secondary N) is 1. The number of para-hydroxylation sites is 1. The Balaban J connectivity index is 1.52. The lowest BCUT2D eigenvalue weighted by molar-refractivity contribution is -0.151. The van der Waals surface area contributed by atoms with Crippen molar-refractivity contribution in [2.24, 2.45) is 7.05 Å². The van der Waals surface area contributed by atoms with Crippen molar-refractivity contribution in [2.75, 3.05) is 12.4 Å². The molecule has 0 saturated carbocycles. The van der Waals surface area contributed by atoms with Gasteiger partial charge in [0.1, 0.15) is 17.2 Å². The minimum absolute atomic E-state index is 0.0931. The number of hydrogen-bond donors (Lipinski definition) is 2. The maximum Gasteiger partial charge on any atom is 0.353 e. The van der Waals surface area contributed by atoms with Gasteiger partial charge in [-0.2, -0.15) is 0 Å². The summed E-state index contributed by atoms with van der Waals surface area (Å²) in [6, 6.07) is 7.50. The van der Waals surface area contributed by atoms with E-state index >= 15 is 0 Å². The summed E-state index contributed by atoms with van der Waals surface area (Å²) in [7, 11) is 1.54. The fourth-order valence-corrected chi connectivity index (χ4v) is 5.21. The van der Waals surface area contributed by atoms with Gasteiger partial charge in [0.05, 0.1) is 0 Å². The molecule has 1 fully saturated rings. The molecule has 3 atom stereocenters. The average Bonchev–Trinajstić information content (AvgIpc) is 3.21. The molecule has 2 aliphatic heterocycles. The van der Waals surface area contributed by atoms with Crippen LogP contribution in [-0.4, -0.2) is 76.3 Å². The van der Waals surface area contributed by atoms with Gasteiger partial charge in [-0.3, -0.25) is 14.5 Å². The number of fused-ring (bicyclic) bond motifs is 1. The smallest absolute Gasteiger partial charge is 0.353 e. The van der Waals surface area contributed by atoms with Crippen molar-refractivity contribution in [3.63, 3.8) is 0 Å². The van der Waals surface area contributed by atoms with E-state index in [0.717, 1.165) is 4.90 Å². The lowest BCUT2D eigenvalue weighted by Crippen LogP contribution is -2.75. The van der Waals surface area contributed by atoms with Crippen LogP contribution in [0.3, 0.4) is 0 Å². The third-order valence-electron chi connectivity index (χ3n) is 5.01. The maximum absolute atomic E-state index is 12.9. The molecular formula is C19H18N6O6S. The molecule has 4 rings (SSSR count). The van der Waals surface area contributed by atoms with Crippen LogP contribution in [-0.2, 0) is 32.6 Å². The van der Waals surface area contributed by atoms with E-state index in [0.29, 0.717) is 5.75 Å². The molecule has 13 heteroatoms. The zero-order chi connectivity index (χ0) is 23.0. The minimum atomic E-state index is -1.70. The zero-order valence-corrected chi connectivity index (χ0v) is 17.6. The van der Waals surface area contributed by atoms with Crippen LogP contribution < -0.4 is 10.1 Å². The number of β-lactam (4-membered cyclic amide) rings is 1. The number of amides is 2. The number of carbonyl (C=O) groups is 3. The van der Waals surface area contributed by atoms with Crippen molar-refractivity contribution in [3.05, 3.63) is 54.0 Å². The molecule has 2 amide bonds. The highest BCUT2D eigenvalue weighted by Crippen LogP contribution is 2.40. The first-order valence-electron chi connectivity index (χ1n) is 9.35. The van der Waals surface area contributed by atoms with E-state index in [1.807, 2.05) is 0 Å². The van der Waals surface area contributed by atoms with Crippen molar-refractivity contribution in [1.29, 1.82) is 0 Å². The Bertz CT molecular complexity index is 1130. The molecule has 2 unspecified atom stereocenters. The van der Waals surface area contributed by atoms with E-state index in [1.165, 1.54) is 4.68 Å². The van der Waals surface area contributed by atoms with Gasteiger partial charge in [-0.05, 0) is 33.7 Å². The lowest BCUT2D eigenvalue weighted by atomic mass is 9.99. The number of ether oxygens (including phenoxy) is 1. The summed E-state index contributed by atoms with van der Waals surface area (Å²) in [5.41, 5.74) is -0.104. The molecule has 0 aliphatic carbocycles. The predicted octanol–water partition coefficient (Wildman–Crippen LogP) is -0.944. The highest BCUT2D eigenvalue weighted by Gasteiger charge is 2.61. The number of carbonyl (C=O) groups excluding carboxylic acids is 2. The lowest BCUT2D eigenvalue weighted by Gasteiger charge is -2.49. The number of allylic oxidation sites excluding steroid dienone is 1. The molecular weight excluding hydrogens is 440 g/mol. The minimum Gasteiger partial charge on any atom is -0.614 e. The SMILES string of the molecule is C=C(C1=C(C(=O)O)N2C(=O)C(NC(=O)COc3ccccc3)[C@H]2[S+]([O-])C1)c1nnnn1C. The quantitative estimate of drug-likeness (QED) is 0.394. The first-order valence-corrected chi connectivity index (χ1v) is 10.7. The second-order valence-corrected chi connectivity index (χ2v) is 8.54. The van der Waals surface area contributed by atoms with Gasteiger partial charge >= 0.3 is 5.97 Å². The largest absolute Gasteiger partial charge is 0.614 e. The number of aryl methyl sites for hydroxylation is 1. The van der Waals surface area contributed by atoms with Crippen LogP contribution in [0.5, 0.6) is 5.75 Å². The molecule has 0 radical (unpaired) electrons. The third-order valence-corrected chi connectivity index (χ3v) is 6.61. The monoisotopic (exact) mass is 458 g/mol. The van der Waals surface area contributed by atoms with E-state index in [2.05, 4.69) is 27.4 Å². The Morgan fingerprint density at radius 3 is 2.72 bits per heavy atom. The standard InChI is InChI=1S/C19H18N6O6S/c1-10(16-21-22-23-24(16)2)12-9-32(30)18-14(17(27)25(18)15(12)19(28)29)20-13(26)8-31-11-6-4-3-5-7-11/h3-7,14,18H,1,8-9H2,2H3,(H,20,26)(H,28,29)/t14?,18-,32?/m1/s1. The van der Waals surface area contributed by atoms with Gasteiger partial charge in [0.25, 0.3) is 11.8 Å². The molecule has 2 aliphatic rings. The number of aromatic nitrogens is 4. The number of tetrazole rings is 1. The van der Waals surface area contributed by atoms with Crippen LogP contribution >= 0.6 is 0 Å². The summed E-state index contributed by atoms with van der Waals surface area (Å²) in [6.45, 7) is 3.48. The van der Waals surface area contributed by atoms with Crippen LogP contribution in [0.15, 0.2) is 48.2 Å². The molecule has 12 nitrogen and oxygen atoms in total. The molecule has 0 spiro atoms. The Morgan fingerprint density at radius 2 is 2.09 bits per heavy atom. The summed E-state index contributed by atoms with van der Waals surface area (Å²) < 4.78 is 19.6. The number of nitrogens with zero attached hydrogens (tertiary/aromatic N) is 5. The first kappa shape index (κ1) is 21.5. The van der Waals surface area contributed by atoms with Crippen molar-refractivity contribution in [3.8, 4) is 5.75 Å². The van der Waals surface area contributed by atoms with Gasteiger partial charge in [-0.15, -0.1) is 5.10 Å². The van der Waals surface area contributed by atoms with Crippen molar-refractivity contribution < 1.29 is 28.8 Å². The van der Waals surface area contributed by atoms with E-state index in [1.54, 1.807) is 37.4 Å². The Morgan fingerprint density at radius 1 is 1.38 bits per heavy atom. The van der Waals surface area contributed by atoms with Gasteiger partial charge in [-0.1, -0.05) is 24.8 Å². The third kappa shape index (κ3) is 3.71. The molecule has 1 aromatic carbocycles. The second kappa shape index (κ2) is 8.43. The van der Waals surface area contributed by atoms with Gasteiger partial charge in [0.15, 0.2) is 18.5 Å². The highest BCUT2D eigenvalue weighted by atomic mass is 32.2. The van der Waals surface area contributed by atoms with Crippen LogP contribution in [0.2, 0.25) is 0 Å². The predicted molar refractivity (Wildman–Crippen MR) is 110 cm³/mol. The van der Waals surface area contributed by atoms with E-state index in [9.17, 15) is 24.0 Å². The molecule has 3 heterocycles. The van der Waals surface area contributed by atoms with Crippen molar-refractivity contribution in [1.82, 2.24) is 30.4 Å². The number of carboxylic acids is 1. The number of hydrogen-bond acceptors (Lipinski definition) is 8. The van der Waals surface area contributed by atoms with Gasteiger partial charge in [-0.25, -0.2) is 9.48 Å². The van der Waals surface area contributed by atoms with Gasteiger partial charge in [0, 0.05) is 18.2 Å². The normalized spacial score (nSPS) is 22.1. The molecule has 32 heavy (non-hydrogen) atoms. The zero-order valence-electron chi connectivity index (χ0n) is 16.8. The van der Waals surface area contributed by atoms with E-state index in [-0.39, 0.29) is 35.0 Å². The van der Waals surface area contributed by atoms with Gasteiger partial charge in [0.2, 0.25) is 5.37 Å². The first-order chi connectivity index (χ1) is 15.3. The van der Waals surface area contributed by atoms with Crippen LogP contribution in [0.25, 0.3) is 5.57 Å². The second-order valence-electron chi connectivity index (χ2n) is 7.01. The van der Waals surface area contributed by atoms with E-state index < -0.39 is 40.4 Å². The van der Waals surface area contributed by atoms with Crippen LogP contribution in [0.1, 0.15) is 5.82 Å². The number of benzene rings is 1. The summed E-state index contributed by atoms with van der Waals surface area (Å²) in [5.74, 6) is -2.19. The molecule has 1 saturated heterocycles. The maximum atomic E-state index is 12.9. The highest BCUT2D eigenvalue weighted by molar-refractivity contribution is 7.92.